The van der Waals surface area contributed by atoms with E-state index in [4.69, 9.17) is 17.3 Å². The van der Waals surface area contributed by atoms with Gasteiger partial charge in [0, 0.05) is 5.69 Å². The Morgan fingerprint density at radius 3 is 2.67 bits per heavy atom. The average Bonchev–Trinajstić information content (AvgIpc) is 1.96. The zero-order valence-electron chi connectivity index (χ0n) is 6.31. The fraction of sp³-hybridized carbons (Fsp3) is 0.286. The van der Waals surface area contributed by atoms with Crippen molar-refractivity contribution in [3.8, 4) is 0 Å². The highest BCUT2D eigenvalue weighted by atomic mass is 35.5. The van der Waals surface area contributed by atoms with E-state index >= 15 is 0 Å². The Kier molecular flexibility index (Phi) is 2.47. The lowest BCUT2D eigenvalue weighted by Gasteiger charge is -2.06. The Morgan fingerprint density at radius 2 is 2.17 bits per heavy atom. The van der Waals surface area contributed by atoms with Crippen LogP contribution in [0.1, 0.15) is 17.7 Å². The number of nitrogens with zero attached hydrogens (tertiary/aromatic N) is 1. The summed E-state index contributed by atoms with van der Waals surface area (Å²) in [6, 6.07) is 1.35. The van der Waals surface area contributed by atoms with Gasteiger partial charge in [-0.2, -0.15) is 0 Å². The molecule has 0 aromatic carbocycles. The highest BCUT2D eigenvalue weighted by Gasteiger charge is 2.14. The molecule has 1 rings (SSSR count). The fourth-order valence-corrected chi connectivity index (χ4v) is 1.04. The maximum Gasteiger partial charge on any atom is 0.280 e. The van der Waals surface area contributed by atoms with Crippen LogP contribution in [0.25, 0.3) is 0 Å². The molecule has 0 aliphatic heterocycles. The zero-order chi connectivity index (χ0) is 9.30. The molecule has 0 spiro atoms. The van der Waals surface area contributed by atoms with Gasteiger partial charge in [-0.25, -0.2) is 13.8 Å². The Labute approximate surface area is 73.4 Å². The summed E-state index contributed by atoms with van der Waals surface area (Å²) >= 11 is 5.44. The van der Waals surface area contributed by atoms with Gasteiger partial charge in [-0.05, 0) is 18.6 Å². The molecule has 12 heavy (non-hydrogen) atoms. The first kappa shape index (κ1) is 9.19. The smallest absolute Gasteiger partial charge is 0.280 e. The minimum absolute atomic E-state index is 0.00611. The maximum atomic E-state index is 12.2. The van der Waals surface area contributed by atoms with Crippen molar-refractivity contribution in [2.45, 2.75) is 13.3 Å². The topological polar surface area (TPSA) is 38.9 Å². The van der Waals surface area contributed by atoms with Crippen LogP contribution in [0.4, 0.5) is 14.5 Å². The molecule has 5 heteroatoms. The summed E-state index contributed by atoms with van der Waals surface area (Å²) in [4.78, 5) is 3.47. The number of pyridine rings is 1. The number of halogens is 3. The van der Waals surface area contributed by atoms with Gasteiger partial charge in [-0.1, -0.05) is 11.6 Å². The van der Waals surface area contributed by atoms with E-state index in [1.165, 1.54) is 13.0 Å². The molecule has 66 valence electrons. The molecular weight excluding hydrogens is 186 g/mol. The molecule has 0 saturated heterocycles. The fourth-order valence-electron chi connectivity index (χ4n) is 0.828. The molecule has 0 saturated carbocycles. The molecule has 1 aromatic rings. The standard InChI is InChI=1S/C7H7ClF2N2/c1-3-4(11)2-5(8)12-6(3)7(9)10/h2,7H,1H3,(H2,11,12). The molecule has 2 nitrogen and oxygen atoms in total. The third-order valence-electron chi connectivity index (χ3n) is 1.53. The van der Waals surface area contributed by atoms with Crippen molar-refractivity contribution in [3.63, 3.8) is 0 Å². The lowest BCUT2D eigenvalue weighted by molar-refractivity contribution is 0.145. The largest absolute Gasteiger partial charge is 0.398 e. The first-order chi connectivity index (χ1) is 5.52. The quantitative estimate of drug-likeness (QED) is 0.695. The Hall–Kier alpha value is -0.900. The minimum atomic E-state index is -2.63. The van der Waals surface area contributed by atoms with Gasteiger partial charge in [0.2, 0.25) is 0 Å². The van der Waals surface area contributed by atoms with E-state index in [1.807, 2.05) is 0 Å². The molecular formula is C7H7ClF2N2. The highest BCUT2D eigenvalue weighted by molar-refractivity contribution is 6.29. The van der Waals surface area contributed by atoms with Gasteiger partial charge in [0.05, 0.1) is 0 Å². The van der Waals surface area contributed by atoms with Gasteiger partial charge in [0.15, 0.2) is 0 Å². The van der Waals surface area contributed by atoms with Crippen LogP contribution in [0, 0.1) is 6.92 Å². The summed E-state index contributed by atoms with van der Waals surface area (Å²) in [5.41, 5.74) is 5.58. The summed E-state index contributed by atoms with van der Waals surface area (Å²) in [5, 5.41) is -0.00611. The third kappa shape index (κ3) is 1.64. The summed E-state index contributed by atoms with van der Waals surface area (Å²) in [5.74, 6) is 0. The molecule has 0 fully saturated rings. The SMILES string of the molecule is Cc1c(N)cc(Cl)nc1C(F)F. The van der Waals surface area contributed by atoms with E-state index in [2.05, 4.69) is 4.98 Å². The molecule has 1 heterocycles. The summed E-state index contributed by atoms with van der Waals surface area (Å²) in [7, 11) is 0. The number of anilines is 1. The van der Waals surface area contributed by atoms with Gasteiger partial charge < -0.3 is 5.73 Å². The lowest BCUT2D eigenvalue weighted by Crippen LogP contribution is -1.99. The Balaban J connectivity index is 3.28. The van der Waals surface area contributed by atoms with Crippen LogP contribution in [0.15, 0.2) is 6.07 Å². The van der Waals surface area contributed by atoms with Gasteiger partial charge in [0.25, 0.3) is 6.43 Å². The van der Waals surface area contributed by atoms with Crippen LogP contribution >= 0.6 is 11.6 Å². The number of alkyl halides is 2. The van der Waals surface area contributed by atoms with Crippen LogP contribution < -0.4 is 5.73 Å². The van der Waals surface area contributed by atoms with E-state index in [0.717, 1.165) is 0 Å². The molecule has 0 unspecified atom stereocenters. The van der Waals surface area contributed by atoms with E-state index in [0.29, 0.717) is 0 Å². The lowest BCUT2D eigenvalue weighted by atomic mass is 10.2. The molecule has 0 aliphatic rings. The van der Waals surface area contributed by atoms with Crippen LogP contribution in [0.2, 0.25) is 5.15 Å². The van der Waals surface area contributed by atoms with E-state index in [1.54, 1.807) is 0 Å². The van der Waals surface area contributed by atoms with Crippen LogP contribution in [-0.2, 0) is 0 Å². The highest BCUT2D eigenvalue weighted by Crippen LogP contribution is 2.26. The van der Waals surface area contributed by atoms with Gasteiger partial charge in [-0.15, -0.1) is 0 Å². The molecule has 0 aliphatic carbocycles. The van der Waals surface area contributed by atoms with Gasteiger partial charge >= 0.3 is 0 Å². The number of nitrogen functional groups attached to an aromatic ring is 1. The van der Waals surface area contributed by atoms with Crippen LogP contribution in [0.5, 0.6) is 0 Å². The normalized spacial score (nSPS) is 10.8. The van der Waals surface area contributed by atoms with Crippen molar-refractivity contribution in [3.05, 3.63) is 22.5 Å². The molecule has 1 aromatic heterocycles. The van der Waals surface area contributed by atoms with Gasteiger partial charge in [0.1, 0.15) is 10.8 Å². The number of nitrogens with two attached hydrogens (primary N) is 1. The molecule has 0 radical (unpaired) electrons. The van der Waals surface area contributed by atoms with Crippen molar-refractivity contribution in [2.24, 2.45) is 0 Å². The van der Waals surface area contributed by atoms with Crippen molar-refractivity contribution < 1.29 is 8.78 Å². The predicted molar refractivity (Wildman–Crippen MR) is 43.4 cm³/mol. The van der Waals surface area contributed by atoms with Crippen molar-refractivity contribution in [1.29, 1.82) is 0 Å². The second-order valence-corrected chi connectivity index (χ2v) is 2.73. The molecule has 0 atom stereocenters. The second-order valence-electron chi connectivity index (χ2n) is 2.35. The zero-order valence-corrected chi connectivity index (χ0v) is 7.07. The number of hydrogen-bond acceptors (Lipinski definition) is 2. The Morgan fingerprint density at radius 1 is 1.58 bits per heavy atom. The Bertz CT molecular complexity index is 302. The van der Waals surface area contributed by atoms with Crippen molar-refractivity contribution in [1.82, 2.24) is 4.98 Å². The molecule has 0 bridgehead atoms. The molecule has 0 amide bonds. The van der Waals surface area contributed by atoms with Crippen LogP contribution in [0.3, 0.4) is 0 Å². The van der Waals surface area contributed by atoms with Crippen LogP contribution in [-0.4, -0.2) is 4.98 Å². The maximum absolute atomic E-state index is 12.2. The van der Waals surface area contributed by atoms with Crippen molar-refractivity contribution >= 4 is 17.3 Å². The average molecular weight is 193 g/mol. The van der Waals surface area contributed by atoms with E-state index < -0.39 is 6.43 Å². The van der Waals surface area contributed by atoms with Crippen molar-refractivity contribution in [2.75, 3.05) is 5.73 Å². The summed E-state index contributed by atoms with van der Waals surface area (Å²) in [6.45, 7) is 1.49. The first-order valence-corrected chi connectivity index (χ1v) is 3.61. The second kappa shape index (κ2) is 3.23. The number of hydrogen-bond donors (Lipinski definition) is 1. The number of aromatic nitrogens is 1. The van der Waals surface area contributed by atoms with E-state index in [-0.39, 0.29) is 22.1 Å². The molecule has 2 N–H and O–H groups in total. The van der Waals surface area contributed by atoms with E-state index in [9.17, 15) is 8.78 Å². The minimum Gasteiger partial charge on any atom is -0.398 e. The summed E-state index contributed by atoms with van der Waals surface area (Å²) < 4.78 is 24.4. The predicted octanol–water partition coefficient (Wildman–Crippen LogP) is 2.56. The first-order valence-electron chi connectivity index (χ1n) is 3.23. The number of rotatable bonds is 1. The third-order valence-corrected chi connectivity index (χ3v) is 1.72. The monoisotopic (exact) mass is 192 g/mol. The summed E-state index contributed by atoms with van der Waals surface area (Å²) in [6.07, 6.45) is -2.63. The van der Waals surface area contributed by atoms with Gasteiger partial charge in [-0.3, -0.25) is 0 Å².